The Morgan fingerprint density at radius 2 is 2.32 bits per heavy atom. The Labute approximate surface area is 126 Å². The molecule has 0 fully saturated rings. The second-order valence-electron chi connectivity index (χ2n) is 4.15. The van der Waals surface area contributed by atoms with Gasteiger partial charge in [0.05, 0.1) is 4.47 Å². The van der Waals surface area contributed by atoms with Gasteiger partial charge >= 0.3 is 0 Å². The van der Waals surface area contributed by atoms with Gasteiger partial charge in [-0.1, -0.05) is 6.07 Å². The summed E-state index contributed by atoms with van der Waals surface area (Å²) in [6.07, 6.45) is 2.82. The summed E-state index contributed by atoms with van der Waals surface area (Å²) in [6.45, 7) is 3.78. The standard InChI is InChI=1S/C13H17BrN4S/c1-3-15-13-16-9-11(14)12(17-13)18(2)7-6-10-5-4-8-19-10/h4-5,8-9H,3,6-7H2,1-2H3,(H,15,16,17). The lowest BCUT2D eigenvalue weighted by Gasteiger charge is -2.19. The SMILES string of the molecule is CCNc1ncc(Br)c(N(C)CCc2cccs2)n1. The second kappa shape index (κ2) is 6.86. The number of hydrogen-bond donors (Lipinski definition) is 1. The number of aromatic nitrogens is 2. The molecular formula is C13H17BrN4S. The largest absolute Gasteiger partial charge is 0.358 e. The monoisotopic (exact) mass is 340 g/mol. The Bertz CT molecular complexity index is 515. The summed E-state index contributed by atoms with van der Waals surface area (Å²) in [5.74, 6) is 1.59. The Morgan fingerprint density at radius 1 is 1.47 bits per heavy atom. The summed E-state index contributed by atoms with van der Waals surface area (Å²) in [5.41, 5.74) is 0. The number of halogens is 1. The summed E-state index contributed by atoms with van der Waals surface area (Å²) in [6, 6.07) is 4.25. The van der Waals surface area contributed by atoms with Crippen molar-refractivity contribution in [3.05, 3.63) is 33.1 Å². The van der Waals surface area contributed by atoms with Crippen LogP contribution < -0.4 is 10.2 Å². The summed E-state index contributed by atoms with van der Waals surface area (Å²) in [5, 5.41) is 5.24. The van der Waals surface area contributed by atoms with Gasteiger partial charge in [-0.15, -0.1) is 11.3 Å². The lowest BCUT2D eigenvalue weighted by Crippen LogP contribution is -2.22. The van der Waals surface area contributed by atoms with Crippen LogP contribution in [0.4, 0.5) is 11.8 Å². The predicted molar refractivity (Wildman–Crippen MR) is 85.2 cm³/mol. The van der Waals surface area contributed by atoms with Gasteiger partial charge in [-0.3, -0.25) is 0 Å². The molecule has 0 radical (unpaired) electrons. The first-order valence-corrected chi connectivity index (χ1v) is 7.88. The van der Waals surface area contributed by atoms with Crippen LogP contribution in [0.1, 0.15) is 11.8 Å². The first-order chi connectivity index (χ1) is 9.20. The van der Waals surface area contributed by atoms with E-state index in [0.29, 0.717) is 5.95 Å². The first kappa shape index (κ1) is 14.3. The highest BCUT2D eigenvalue weighted by molar-refractivity contribution is 9.10. The predicted octanol–water partition coefficient (Wildman–Crippen LogP) is 3.41. The lowest BCUT2D eigenvalue weighted by atomic mass is 10.3. The van der Waals surface area contributed by atoms with Gasteiger partial charge in [0.25, 0.3) is 0 Å². The van der Waals surface area contributed by atoms with Crippen molar-refractivity contribution < 1.29 is 0 Å². The van der Waals surface area contributed by atoms with Gasteiger partial charge in [0.1, 0.15) is 5.82 Å². The average molecular weight is 341 g/mol. The molecule has 0 atom stereocenters. The van der Waals surface area contributed by atoms with Crippen molar-refractivity contribution >= 4 is 39.0 Å². The molecule has 0 saturated heterocycles. The first-order valence-electron chi connectivity index (χ1n) is 6.20. The molecule has 0 bridgehead atoms. The lowest BCUT2D eigenvalue weighted by molar-refractivity contribution is 0.860. The zero-order valence-electron chi connectivity index (χ0n) is 11.1. The molecule has 2 rings (SSSR count). The van der Waals surface area contributed by atoms with Crippen LogP contribution in [0.3, 0.4) is 0 Å². The highest BCUT2D eigenvalue weighted by Gasteiger charge is 2.10. The van der Waals surface area contributed by atoms with Crippen molar-refractivity contribution in [3.63, 3.8) is 0 Å². The molecule has 0 unspecified atom stereocenters. The minimum atomic E-state index is 0.670. The summed E-state index contributed by atoms with van der Waals surface area (Å²) in [4.78, 5) is 12.3. The maximum Gasteiger partial charge on any atom is 0.224 e. The van der Waals surface area contributed by atoms with Crippen LogP contribution in [0.5, 0.6) is 0 Å². The summed E-state index contributed by atoms with van der Waals surface area (Å²) < 4.78 is 0.919. The van der Waals surface area contributed by atoms with Crippen LogP contribution in [0, 0.1) is 0 Å². The number of likely N-dealkylation sites (N-methyl/N-ethyl adjacent to an activating group) is 1. The molecule has 2 aromatic heterocycles. The van der Waals surface area contributed by atoms with Crippen molar-refractivity contribution in [1.82, 2.24) is 9.97 Å². The molecule has 0 spiro atoms. The minimum Gasteiger partial charge on any atom is -0.358 e. The number of hydrogen-bond acceptors (Lipinski definition) is 5. The van der Waals surface area contributed by atoms with E-state index in [1.807, 2.05) is 6.92 Å². The number of rotatable bonds is 6. The minimum absolute atomic E-state index is 0.670. The molecular weight excluding hydrogens is 324 g/mol. The van der Waals surface area contributed by atoms with Gasteiger partial charge in [-0.25, -0.2) is 4.98 Å². The van der Waals surface area contributed by atoms with Gasteiger partial charge in [0.2, 0.25) is 5.95 Å². The molecule has 2 heterocycles. The van der Waals surface area contributed by atoms with Gasteiger partial charge in [0.15, 0.2) is 0 Å². The third-order valence-electron chi connectivity index (χ3n) is 2.70. The third-order valence-corrected chi connectivity index (χ3v) is 4.19. The van der Waals surface area contributed by atoms with Gasteiger partial charge < -0.3 is 10.2 Å². The van der Waals surface area contributed by atoms with Gasteiger partial charge in [0, 0.05) is 31.2 Å². The third kappa shape index (κ3) is 3.91. The van der Waals surface area contributed by atoms with Crippen LogP contribution in [0.15, 0.2) is 28.2 Å². The molecule has 19 heavy (non-hydrogen) atoms. The molecule has 0 aromatic carbocycles. The van der Waals surface area contributed by atoms with Crippen LogP contribution in [0.2, 0.25) is 0 Å². The normalized spacial score (nSPS) is 10.5. The van der Waals surface area contributed by atoms with E-state index in [0.717, 1.165) is 29.8 Å². The van der Waals surface area contributed by atoms with Crippen molar-refractivity contribution in [2.45, 2.75) is 13.3 Å². The highest BCUT2D eigenvalue weighted by Crippen LogP contribution is 2.23. The molecule has 0 saturated carbocycles. The molecule has 2 aromatic rings. The molecule has 4 nitrogen and oxygen atoms in total. The number of anilines is 2. The number of nitrogens with one attached hydrogen (secondary N) is 1. The topological polar surface area (TPSA) is 41.1 Å². The Morgan fingerprint density at radius 3 is 3.00 bits per heavy atom. The van der Waals surface area contributed by atoms with Crippen molar-refractivity contribution in [1.29, 1.82) is 0 Å². The van der Waals surface area contributed by atoms with E-state index in [9.17, 15) is 0 Å². The van der Waals surface area contributed by atoms with Gasteiger partial charge in [-0.2, -0.15) is 4.98 Å². The van der Waals surface area contributed by atoms with Crippen LogP contribution in [-0.4, -0.2) is 30.1 Å². The Kier molecular flexibility index (Phi) is 5.15. The molecule has 0 aliphatic carbocycles. The zero-order valence-corrected chi connectivity index (χ0v) is 13.5. The van der Waals surface area contributed by atoms with Crippen molar-refractivity contribution in [3.8, 4) is 0 Å². The zero-order chi connectivity index (χ0) is 13.7. The van der Waals surface area contributed by atoms with Gasteiger partial charge in [-0.05, 0) is 40.7 Å². The highest BCUT2D eigenvalue weighted by atomic mass is 79.9. The fraction of sp³-hybridized carbons (Fsp3) is 0.385. The van der Waals surface area contributed by atoms with E-state index in [1.165, 1.54) is 4.88 Å². The molecule has 102 valence electrons. The van der Waals surface area contributed by atoms with Crippen LogP contribution in [-0.2, 0) is 6.42 Å². The van der Waals surface area contributed by atoms with E-state index in [4.69, 9.17) is 0 Å². The smallest absolute Gasteiger partial charge is 0.224 e. The van der Waals surface area contributed by atoms with E-state index >= 15 is 0 Å². The summed E-state index contributed by atoms with van der Waals surface area (Å²) >= 11 is 5.30. The van der Waals surface area contributed by atoms with E-state index in [1.54, 1.807) is 17.5 Å². The van der Waals surface area contributed by atoms with Crippen molar-refractivity contribution in [2.24, 2.45) is 0 Å². The fourth-order valence-electron chi connectivity index (χ4n) is 1.71. The van der Waals surface area contributed by atoms with Crippen molar-refractivity contribution in [2.75, 3.05) is 30.4 Å². The molecule has 0 aliphatic heterocycles. The number of thiophene rings is 1. The van der Waals surface area contributed by atoms with Crippen LogP contribution >= 0.6 is 27.3 Å². The molecule has 6 heteroatoms. The molecule has 1 N–H and O–H groups in total. The van der Waals surface area contributed by atoms with E-state index in [2.05, 4.69) is 60.7 Å². The van der Waals surface area contributed by atoms with E-state index < -0.39 is 0 Å². The van der Waals surface area contributed by atoms with E-state index in [-0.39, 0.29) is 0 Å². The second-order valence-corrected chi connectivity index (χ2v) is 6.03. The summed E-state index contributed by atoms with van der Waals surface area (Å²) in [7, 11) is 2.05. The molecule has 0 amide bonds. The molecule has 0 aliphatic rings. The number of nitrogens with zero attached hydrogens (tertiary/aromatic N) is 3. The Balaban J connectivity index is 2.04. The quantitative estimate of drug-likeness (QED) is 0.874. The maximum atomic E-state index is 4.52. The fourth-order valence-corrected chi connectivity index (χ4v) is 2.90. The average Bonchev–Trinajstić information content (AvgIpc) is 2.92. The van der Waals surface area contributed by atoms with Crippen LogP contribution in [0.25, 0.3) is 0 Å². The Hall–Kier alpha value is -1.14. The maximum absolute atomic E-state index is 4.52.